The van der Waals surface area contributed by atoms with Gasteiger partial charge in [-0.3, -0.25) is 15.6 Å². The molecular weight excluding hydrogens is 402 g/mol. The highest BCUT2D eigenvalue weighted by atomic mass is 16.5. The van der Waals surface area contributed by atoms with E-state index in [1.165, 1.54) is 30.3 Å². The van der Waals surface area contributed by atoms with E-state index in [2.05, 4.69) is 25.9 Å². The van der Waals surface area contributed by atoms with Gasteiger partial charge in [-0.1, -0.05) is 30.3 Å². The molecular formula is C20H19N7O4. The van der Waals surface area contributed by atoms with Crippen molar-refractivity contribution in [3.8, 4) is 0 Å². The highest BCUT2D eigenvalue weighted by Crippen LogP contribution is 2.32. The maximum Gasteiger partial charge on any atom is 0.338 e. The average Bonchev–Trinajstić information content (AvgIpc) is 3.47. The van der Waals surface area contributed by atoms with Gasteiger partial charge in [0, 0.05) is 0 Å². The maximum absolute atomic E-state index is 12.9. The number of nitrogen functional groups attached to an aromatic ring is 1. The van der Waals surface area contributed by atoms with E-state index in [4.69, 9.17) is 14.9 Å². The van der Waals surface area contributed by atoms with Crippen LogP contribution in [0.1, 0.15) is 23.0 Å². The van der Waals surface area contributed by atoms with Gasteiger partial charge in [0.15, 0.2) is 22.8 Å². The first-order valence-corrected chi connectivity index (χ1v) is 9.20. The summed E-state index contributed by atoms with van der Waals surface area (Å²) >= 11 is 0. The largest absolute Gasteiger partial charge is 0.467 e. The number of aromatic nitrogens is 4. The number of nitrogens with zero attached hydrogens (tertiary/aromatic N) is 4. The lowest BCUT2D eigenvalue weighted by Crippen LogP contribution is -2.42. The van der Waals surface area contributed by atoms with Gasteiger partial charge >= 0.3 is 11.9 Å². The van der Waals surface area contributed by atoms with Gasteiger partial charge in [-0.15, -0.1) is 0 Å². The molecule has 158 valence electrons. The van der Waals surface area contributed by atoms with Gasteiger partial charge < -0.3 is 14.9 Å². The number of hydrogen-bond acceptors (Lipinski definition) is 9. The molecule has 1 atom stereocenters. The predicted molar refractivity (Wildman–Crippen MR) is 111 cm³/mol. The molecule has 11 nitrogen and oxygen atoms in total. The van der Waals surface area contributed by atoms with Crippen molar-refractivity contribution in [2.45, 2.75) is 12.5 Å². The van der Waals surface area contributed by atoms with Crippen molar-refractivity contribution in [2.24, 2.45) is 0 Å². The summed E-state index contributed by atoms with van der Waals surface area (Å²) in [5, 5.41) is 4.81. The maximum atomic E-state index is 12.9. The predicted octanol–water partition coefficient (Wildman–Crippen LogP) is 1.69. The van der Waals surface area contributed by atoms with Crippen molar-refractivity contribution < 1.29 is 18.7 Å². The topological polar surface area (TPSA) is 150 Å². The number of carbonyl (C=O) groups excluding carboxylic acids is 2. The van der Waals surface area contributed by atoms with E-state index in [-0.39, 0.29) is 23.2 Å². The zero-order valence-corrected chi connectivity index (χ0v) is 16.7. The van der Waals surface area contributed by atoms with Crippen molar-refractivity contribution in [1.29, 1.82) is 0 Å². The minimum absolute atomic E-state index is 0.0794. The molecule has 3 aromatic heterocycles. The van der Waals surface area contributed by atoms with Crippen LogP contribution in [0, 0.1) is 0 Å². The van der Waals surface area contributed by atoms with Crippen LogP contribution in [0.2, 0.25) is 0 Å². The number of rotatable bonds is 6. The molecule has 0 aliphatic rings. The molecule has 1 aromatic carbocycles. The molecule has 3 heterocycles. The lowest BCUT2D eigenvalue weighted by atomic mass is 9.92. The van der Waals surface area contributed by atoms with Crippen LogP contribution in [0.25, 0.3) is 11.0 Å². The number of esters is 1. The summed E-state index contributed by atoms with van der Waals surface area (Å²) in [6.45, 7) is 1.67. The van der Waals surface area contributed by atoms with E-state index in [1.54, 1.807) is 25.1 Å². The van der Waals surface area contributed by atoms with Crippen molar-refractivity contribution in [3.05, 3.63) is 66.2 Å². The van der Waals surface area contributed by atoms with E-state index in [9.17, 15) is 9.59 Å². The lowest BCUT2D eigenvalue weighted by Gasteiger charge is -2.28. The molecule has 0 aliphatic heterocycles. The molecule has 4 rings (SSSR count). The number of carbonyl (C=O) groups is 2. The fourth-order valence-corrected chi connectivity index (χ4v) is 3.22. The molecule has 0 spiro atoms. The third-order valence-electron chi connectivity index (χ3n) is 4.83. The Morgan fingerprint density at radius 1 is 1.16 bits per heavy atom. The molecule has 1 unspecified atom stereocenters. The summed E-state index contributed by atoms with van der Waals surface area (Å²) in [5.74, 6) is -0.810. The number of anilines is 2. The number of benzene rings is 1. The molecule has 0 saturated heterocycles. The number of methoxy groups -OCH3 is 1. The van der Waals surface area contributed by atoms with Crippen LogP contribution < -0.4 is 16.6 Å². The Labute approximate surface area is 176 Å². The van der Waals surface area contributed by atoms with Crippen molar-refractivity contribution in [3.63, 3.8) is 0 Å². The van der Waals surface area contributed by atoms with Gasteiger partial charge in [-0.2, -0.15) is 15.1 Å². The Hall–Kier alpha value is -4.41. The van der Waals surface area contributed by atoms with Crippen molar-refractivity contribution in [1.82, 2.24) is 25.2 Å². The van der Waals surface area contributed by atoms with Crippen LogP contribution in [0.3, 0.4) is 0 Å². The van der Waals surface area contributed by atoms with Crippen LogP contribution in [-0.2, 0) is 15.1 Å². The van der Waals surface area contributed by atoms with Crippen molar-refractivity contribution >= 4 is 34.7 Å². The Bertz CT molecular complexity index is 1240. The van der Waals surface area contributed by atoms with E-state index >= 15 is 0 Å². The fraction of sp³-hybridized carbons (Fsp3) is 0.150. The average molecular weight is 421 g/mol. The smallest absolute Gasteiger partial charge is 0.338 e. The normalized spacial score (nSPS) is 12.8. The first-order valence-electron chi connectivity index (χ1n) is 9.20. The highest BCUT2D eigenvalue weighted by Gasteiger charge is 2.41. The summed E-state index contributed by atoms with van der Waals surface area (Å²) in [7, 11) is 1.30. The summed E-state index contributed by atoms with van der Waals surface area (Å²) in [5.41, 5.74) is 10.7. The Morgan fingerprint density at radius 2 is 1.94 bits per heavy atom. The minimum atomic E-state index is -1.33. The number of hydrazine groups is 1. The molecule has 31 heavy (non-hydrogen) atoms. The summed E-state index contributed by atoms with van der Waals surface area (Å²) < 4.78 is 11.5. The van der Waals surface area contributed by atoms with E-state index in [0.717, 1.165) is 0 Å². The van der Waals surface area contributed by atoms with Crippen LogP contribution in [-0.4, -0.2) is 38.7 Å². The van der Waals surface area contributed by atoms with Gasteiger partial charge in [0.1, 0.15) is 0 Å². The molecule has 0 saturated carbocycles. The zero-order valence-electron chi connectivity index (χ0n) is 16.7. The Kier molecular flexibility index (Phi) is 4.99. The lowest BCUT2D eigenvalue weighted by molar-refractivity contribution is -0.148. The zero-order chi connectivity index (χ0) is 22.0. The fourth-order valence-electron chi connectivity index (χ4n) is 3.22. The van der Waals surface area contributed by atoms with Crippen LogP contribution in [0.5, 0.6) is 0 Å². The second kappa shape index (κ2) is 7.78. The van der Waals surface area contributed by atoms with E-state index in [1.807, 2.05) is 18.2 Å². The first kappa shape index (κ1) is 19.9. The number of nitrogens with two attached hydrogens (primary N) is 1. The third-order valence-corrected chi connectivity index (χ3v) is 4.83. The second-order valence-corrected chi connectivity index (χ2v) is 6.71. The Balaban J connectivity index is 1.78. The number of hydrogen-bond donors (Lipinski definition) is 3. The van der Waals surface area contributed by atoms with Crippen molar-refractivity contribution in [2.75, 3.05) is 18.3 Å². The molecule has 1 amide bonds. The molecule has 0 fully saturated rings. The van der Waals surface area contributed by atoms with Crippen LogP contribution in [0.15, 0.2) is 59.3 Å². The second-order valence-electron chi connectivity index (χ2n) is 6.71. The van der Waals surface area contributed by atoms with Gasteiger partial charge in [-0.05, 0) is 24.6 Å². The van der Waals surface area contributed by atoms with Crippen LogP contribution in [0.4, 0.5) is 11.8 Å². The molecule has 0 bridgehead atoms. The number of amides is 1. The van der Waals surface area contributed by atoms with Gasteiger partial charge in [0.05, 0.1) is 25.0 Å². The number of nitrogens with one attached hydrogen (secondary N) is 2. The third kappa shape index (κ3) is 3.41. The van der Waals surface area contributed by atoms with Gasteiger partial charge in [0.2, 0.25) is 5.95 Å². The monoisotopic (exact) mass is 421 g/mol. The number of fused-ring (bicyclic) bond motifs is 1. The minimum Gasteiger partial charge on any atom is -0.467 e. The molecule has 0 radical (unpaired) electrons. The molecule has 4 aromatic rings. The van der Waals surface area contributed by atoms with Crippen LogP contribution >= 0.6 is 0 Å². The molecule has 0 aliphatic carbocycles. The van der Waals surface area contributed by atoms with E-state index in [0.29, 0.717) is 10.9 Å². The number of ether oxygens (including phenoxy) is 1. The SMILES string of the molecule is COC(=O)C(C)(c1ccccc1)n1ncc2c(NNC(=O)c3ccco3)nc(N)nc21. The highest BCUT2D eigenvalue weighted by molar-refractivity contribution is 5.94. The molecule has 4 N–H and O–H groups in total. The first-order chi connectivity index (χ1) is 14.9. The standard InChI is InChI=1S/C20H19N7O4/c1-20(18(29)30-2,12-7-4-3-5-8-12)27-16-13(11-22-27)15(23-19(21)24-16)25-26-17(28)14-9-6-10-31-14/h3-11H,1-2H3,(H,26,28)(H3,21,23,24,25). The summed E-state index contributed by atoms with van der Waals surface area (Å²) in [6.07, 6.45) is 2.86. The summed E-state index contributed by atoms with van der Waals surface area (Å²) in [4.78, 5) is 33.4. The summed E-state index contributed by atoms with van der Waals surface area (Å²) in [6, 6.07) is 12.1. The molecule has 11 heteroatoms. The van der Waals surface area contributed by atoms with E-state index < -0.39 is 17.4 Å². The van der Waals surface area contributed by atoms with Gasteiger partial charge in [0.25, 0.3) is 0 Å². The van der Waals surface area contributed by atoms with Gasteiger partial charge in [-0.25, -0.2) is 9.48 Å². The number of furan rings is 1. The quantitative estimate of drug-likeness (QED) is 0.312. The Morgan fingerprint density at radius 3 is 2.61 bits per heavy atom.